The van der Waals surface area contributed by atoms with E-state index >= 15 is 0 Å². The molecular formula is C11H18N2O6. The summed E-state index contributed by atoms with van der Waals surface area (Å²) in [5.74, 6) is -1.52. The van der Waals surface area contributed by atoms with Gasteiger partial charge < -0.3 is 15.2 Å². The predicted molar refractivity (Wildman–Crippen MR) is 64.3 cm³/mol. The number of carbonyl (C=O) groups excluding carboxylic acids is 1. The second-order valence-electron chi connectivity index (χ2n) is 5.62. The predicted octanol–water partition coefficient (Wildman–Crippen LogP) is 1.02. The summed E-state index contributed by atoms with van der Waals surface area (Å²) in [6, 6.07) is -1.85. The summed E-state index contributed by atoms with van der Waals surface area (Å²) in [6.45, 7) is 4.98. The molecular weight excluding hydrogens is 256 g/mol. The van der Waals surface area contributed by atoms with E-state index in [0.717, 1.165) is 0 Å². The third kappa shape index (κ3) is 5.11. The van der Waals surface area contributed by atoms with Crippen LogP contribution in [0, 0.1) is 16.0 Å². The minimum atomic E-state index is -1.22. The van der Waals surface area contributed by atoms with Gasteiger partial charge in [0, 0.05) is 17.3 Å². The average Bonchev–Trinajstić information content (AvgIpc) is 2.92. The highest BCUT2D eigenvalue weighted by molar-refractivity contribution is 5.80. The van der Waals surface area contributed by atoms with Gasteiger partial charge >= 0.3 is 12.1 Å². The third-order valence-electron chi connectivity index (χ3n) is 2.68. The van der Waals surface area contributed by atoms with Gasteiger partial charge in [-0.1, -0.05) is 0 Å². The lowest BCUT2D eigenvalue weighted by molar-refractivity contribution is -0.498. The largest absolute Gasteiger partial charge is 0.480 e. The molecule has 1 aliphatic carbocycles. The van der Waals surface area contributed by atoms with Gasteiger partial charge in [-0.15, -0.1) is 0 Å². The number of carboxylic acid groups (broad SMARTS) is 1. The van der Waals surface area contributed by atoms with Crippen LogP contribution in [0.5, 0.6) is 0 Å². The molecule has 0 heterocycles. The Labute approximate surface area is 110 Å². The van der Waals surface area contributed by atoms with Gasteiger partial charge in [0.2, 0.25) is 6.04 Å². The smallest absolute Gasteiger partial charge is 0.408 e. The second kappa shape index (κ2) is 5.41. The zero-order valence-corrected chi connectivity index (χ0v) is 11.1. The van der Waals surface area contributed by atoms with Gasteiger partial charge in [-0.3, -0.25) is 10.1 Å². The maximum absolute atomic E-state index is 11.5. The van der Waals surface area contributed by atoms with Crippen molar-refractivity contribution in [2.24, 2.45) is 5.92 Å². The van der Waals surface area contributed by atoms with E-state index in [1.54, 1.807) is 20.8 Å². The molecule has 1 amide bonds. The number of hydrogen-bond donors (Lipinski definition) is 2. The molecule has 0 radical (unpaired) electrons. The minimum absolute atomic E-state index is 0.0419. The molecule has 0 aliphatic heterocycles. The SMILES string of the molecule is CC(C)(C)OC(=O)N[C@@H](C[C@@H]1C[C@H]1[N+](=O)[O-])C(=O)O. The summed E-state index contributed by atoms with van der Waals surface area (Å²) in [4.78, 5) is 32.5. The van der Waals surface area contributed by atoms with Crippen molar-refractivity contribution in [2.45, 2.75) is 51.3 Å². The fraction of sp³-hybridized carbons (Fsp3) is 0.818. The van der Waals surface area contributed by atoms with E-state index in [1.807, 2.05) is 0 Å². The molecule has 0 aromatic carbocycles. The van der Waals surface area contributed by atoms with Crippen LogP contribution in [-0.2, 0) is 9.53 Å². The summed E-state index contributed by atoms with van der Waals surface area (Å²) in [5, 5.41) is 21.7. The number of hydrogen-bond acceptors (Lipinski definition) is 5. The summed E-state index contributed by atoms with van der Waals surface area (Å²) in [5.41, 5.74) is -0.726. The van der Waals surface area contributed by atoms with Crippen LogP contribution in [0.4, 0.5) is 4.79 Å². The van der Waals surface area contributed by atoms with Gasteiger partial charge in [-0.05, 0) is 27.2 Å². The number of nitrogens with one attached hydrogen (secondary N) is 1. The molecule has 0 bridgehead atoms. The lowest BCUT2D eigenvalue weighted by Gasteiger charge is -2.21. The molecule has 2 N–H and O–H groups in total. The maximum Gasteiger partial charge on any atom is 0.408 e. The van der Waals surface area contributed by atoms with Crippen LogP contribution in [0.2, 0.25) is 0 Å². The Morgan fingerprint density at radius 1 is 1.53 bits per heavy atom. The summed E-state index contributed by atoms with van der Waals surface area (Å²) in [6.07, 6.45) is -0.439. The van der Waals surface area contributed by atoms with Gasteiger partial charge in [0.15, 0.2) is 0 Å². The van der Waals surface area contributed by atoms with Crippen LogP contribution in [0.3, 0.4) is 0 Å². The number of nitrogens with zero attached hydrogens (tertiary/aromatic N) is 1. The Morgan fingerprint density at radius 2 is 2.11 bits per heavy atom. The van der Waals surface area contributed by atoms with Gasteiger partial charge in [0.1, 0.15) is 11.6 Å². The van der Waals surface area contributed by atoms with Gasteiger partial charge in [0.25, 0.3) is 0 Å². The summed E-state index contributed by atoms with van der Waals surface area (Å²) in [7, 11) is 0. The Hall–Kier alpha value is -1.86. The van der Waals surface area contributed by atoms with E-state index in [1.165, 1.54) is 0 Å². The summed E-state index contributed by atoms with van der Waals surface area (Å²) >= 11 is 0. The topological polar surface area (TPSA) is 119 Å². The fourth-order valence-corrected chi connectivity index (χ4v) is 1.72. The molecule has 108 valence electrons. The van der Waals surface area contributed by atoms with Crippen molar-refractivity contribution in [1.29, 1.82) is 0 Å². The number of nitro groups is 1. The molecule has 0 aromatic heterocycles. The highest BCUT2D eigenvalue weighted by Gasteiger charge is 2.50. The highest BCUT2D eigenvalue weighted by atomic mass is 16.6. The number of ether oxygens (including phenoxy) is 1. The first-order valence-electron chi connectivity index (χ1n) is 5.96. The van der Waals surface area contributed by atoms with E-state index in [9.17, 15) is 19.7 Å². The molecule has 3 atom stereocenters. The van der Waals surface area contributed by atoms with Gasteiger partial charge in [-0.2, -0.15) is 0 Å². The first-order chi connectivity index (χ1) is 8.60. The molecule has 0 saturated heterocycles. The first kappa shape index (κ1) is 15.2. The van der Waals surface area contributed by atoms with E-state index in [2.05, 4.69) is 5.32 Å². The highest BCUT2D eigenvalue weighted by Crippen LogP contribution is 2.37. The molecule has 0 unspecified atom stereocenters. The molecule has 1 saturated carbocycles. The van der Waals surface area contributed by atoms with Crippen molar-refractivity contribution in [3.8, 4) is 0 Å². The number of carbonyl (C=O) groups is 2. The van der Waals surface area contributed by atoms with Crippen LogP contribution < -0.4 is 5.32 Å². The molecule has 1 aliphatic rings. The fourth-order valence-electron chi connectivity index (χ4n) is 1.72. The lowest BCUT2D eigenvalue weighted by Crippen LogP contribution is -2.43. The van der Waals surface area contributed by atoms with Crippen molar-refractivity contribution >= 4 is 12.1 Å². The van der Waals surface area contributed by atoms with Gasteiger partial charge in [0.05, 0.1) is 0 Å². The van der Waals surface area contributed by atoms with Gasteiger partial charge in [-0.25, -0.2) is 9.59 Å². The Morgan fingerprint density at radius 3 is 2.47 bits per heavy atom. The quantitative estimate of drug-likeness (QED) is 0.570. The zero-order chi connectivity index (χ0) is 14.8. The van der Waals surface area contributed by atoms with E-state index in [0.29, 0.717) is 6.42 Å². The second-order valence-corrected chi connectivity index (χ2v) is 5.62. The van der Waals surface area contributed by atoms with Crippen molar-refractivity contribution in [3.05, 3.63) is 10.1 Å². The van der Waals surface area contributed by atoms with Crippen LogP contribution in [0.15, 0.2) is 0 Å². The Bertz CT molecular complexity index is 389. The van der Waals surface area contributed by atoms with E-state index < -0.39 is 34.7 Å². The third-order valence-corrected chi connectivity index (χ3v) is 2.68. The Balaban J connectivity index is 2.48. The maximum atomic E-state index is 11.5. The standard InChI is InChI=1S/C11H18N2O6/c1-11(2,3)19-10(16)12-7(9(14)15)4-6-5-8(6)13(17)18/h6-8H,4-5H2,1-3H3,(H,12,16)(H,14,15)/t6-,7+,8-/m1/s1. The van der Waals surface area contributed by atoms with Crippen LogP contribution in [-0.4, -0.2) is 39.8 Å². The van der Waals surface area contributed by atoms with Crippen molar-refractivity contribution in [1.82, 2.24) is 5.32 Å². The lowest BCUT2D eigenvalue weighted by atomic mass is 10.1. The zero-order valence-electron chi connectivity index (χ0n) is 11.1. The Kier molecular flexibility index (Phi) is 4.33. The van der Waals surface area contributed by atoms with E-state index in [-0.39, 0.29) is 12.3 Å². The normalized spacial score (nSPS) is 23.3. The van der Waals surface area contributed by atoms with Crippen molar-refractivity contribution < 1.29 is 24.4 Å². The molecule has 0 spiro atoms. The molecule has 8 nitrogen and oxygen atoms in total. The molecule has 19 heavy (non-hydrogen) atoms. The molecule has 0 aromatic rings. The van der Waals surface area contributed by atoms with Crippen LogP contribution in [0.25, 0.3) is 0 Å². The first-order valence-corrected chi connectivity index (χ1v) is 5.96. The van der Waals surface area contributed by atoms with E-state index in [4.69, 9.17) is 9.84 Å². The number of alkyl carbamates (subject to hydrolysis) is 1. The number of rotatable bonds is 5. The number of amides is 1. The monoisotopic (exact) mass is 274 g/mol. The summed E-state index contributed by atoms with van der Waals surface area (Å²) < 4.78 is 4.95. The average molecular weight is 274 g/mol. The molecule has 1 rings (SSSR count). The van der Waals surface area contributed by atoms with Crippen LogP contribution >= 0.6 is 0 Å². The van der Waals surface area contributed by atoms with Crippen molar-refractivity contribution in [2.75, 3.05) is 0 Å². The molecule has 8 heteroatoms. The van der Waals surface area contributed by atoms with Crippen LogP contribution in [0.1, 0.15) is 33.6 Å². The molecule has 1 fully saturated rings. The van der Waals surface area contributed by atoms with Crippen molar-refractivity contribution in [3.63, 3.8) is 0 Å². The minimum Gasteiger partial charge on any atom is -0.480 e. The number of carboxylic acids is 1. The number of aliphatic carboxylic acids is 1.